The lowest BCUT2D eigenvalue weighted by atomic mass is 9.93. The minimum atomic E-state index is -5.68. The van der Waals surface area contributed by atoms with E-state index in [0.717, 1.165) is 0 Å². The smallest absolute Gasteiger partial charge is 0.466 e. The molecule has 0 unspecified atom stereocenters. The molecule has 1 atom stereocenters. The molecule has 5 nitrogen and oxygen atoms in total. The zero-order valence-corrected chi connectivity index (χ0v) is 10.9. The monoisotopic (exact) mass is 302 g/mol. The third-order valence-electron chi connectivity index (χ3n) is 2.45. The summed E-state index contributed by atoms with van der Waals surface area (Å²) in [6.07, 6.45) is 1.66. The quantitative estimate of drug-likeness (QED) is 0.452. The molecule has 9 heteroatoms. The van der Waals surface area contributed by atoms with Gasteiger partial charge in [0.15, 0.2) is 0 Å². The van der Waals surface area contributed by atoms with Crippen LogP contribution in [0.2, 0.25) is 0 Å². The predicted molar refractivity (Wildman–Crippen MR) is 58.1 cm³/mol. The highest BCUT2D eigenvalue weighted by Crippen LogP contribution is 2.32. The van der Waals surface area contributed by atoms with Gasteiger partial charge in [0.05, 0.1) is 12.5 Å². The summed E-state index contributed by atoms with van der Waals surface area (Å²) >= 11 is 0. The molecule has 0 aromatic rings. The van der Waals surface area contributed by atoms with Crippen LogP contribution < -0.4 is 0 Å². The van der Waals surface area contributed by atoms with Crippen LogP contribution in [0.3, 0.4) is 0 Å². The van der Waals surface area contributed by atoms with Gasteiger partial charge in [-0.3, -0.25) is 4.79 Å². The molecule has 0 aliphatic heterocycles. The summed E-state index contributed by atoms with van der Waals surface area (Å²) < 4.78 is 66.8. The van der Waals surface area contributed by atoms with Gasteiger partial charge in [0, 0.05) is 6.42 Å². The maximum atomic E-state index is 12.1. The topological polar surface area (TPSA) is 69.7 Å². The van der Waals surface area contributed by atoms with Crippen LogP contribution in [0.15, 0.2) is 11.8 Å². The molecule has 0 heterocycles. The molecule has 0 aromatic heterocycles. The van der Waals surface area contributed by atoms with E-state index in [9.17, 15) is 26.4 Å². The van der Waals surface area contributed by atoms with E-state index in [1.807, 2.05) is 0 Å². The molecule has 1 aliphatic rings. The fraction of sp³-hybridized carbons (Fsp3) is 0.700. The Bertz CT molecular complexity index is 466. The van der Waals surface area contributed by atoms with Crippen LogP contribution in [0, 0.1) is 5.92 Å². The van der Waals surface area contributed by atoms with Crippen molar-refractivity contribution < 1.29 is 35.3 Å². The van der Waals surface area contributed by atoms with Gasteiger partial charge >= 0.3 is 21.6 Å². The summed E-state index contributed by atoms with van der Waals surface area (Å²) in [5.41, 5.74) is -5.48. The number of alkyl halides is 3. The van der Waals surface area contributed by atoms with E-state index in [0.29, 0.717) is 6.42 Å². The highest BCUT2D eigenvalue weighted by Gasteiger charge is 2.49. The Hall–Kier alpha value is -1.25. The van der Waals surface area contributed by atoms with Gasteiger partial charge in [0.25, 0.3) is 0 Å². The summed E-state index contributed by atoms with van der Waals surface area (Å²) in [4.78, 5) is 11.4. The molecule has 0 amide bonds. The normalized spacial score (nSPS) is 20.6. The molecule has 0 spiro atoms. The molecule has 1 rings (SSSR count). The van der Waals surface area contributed by atoms with Crippen LogP contribution in [0.1, 0.15) is 26.2 Å². The van der Waals surface area contributed by atoms with Crippen molar-refractivity contribution in [3.8, 4) is 0 Å². The van der Waals surface area contributed by atoms with Gasteiger partial charge in [-0.15, -0.1) is 0 Å². The lowest BCUT2D eigenvalue weighted by molar-refractivity contribution is -0.148. The summed E-state index contributed by atoms with van der Waals surface area (Å²) in [6.45, 7) is 1.75. The van der Waals surface area contributed by atoms with Gasteiger partial charge in [0.1, 0.15) is 5.76 Å². The van der Waals surface area contributed by atoms with Gasteiger partial charge in [-0.05, 0) is 25.8 Å². The number of hydrogen-bond donors (Lipinski definition) is 0. The fourth-order valence-electron chi connectivity index (χ4n) is 1.59. The lowest BCUT2D eigenvalue weighted by Gasteiger charge is -2.21. The second-order valence-corrected chi connectivity index (χ2v) is 5.42. The second kappa shape index (κ2) is 5.81. The first kappa shape index (κ1) is 15.8. The predicted octanol–water partition coefficient (Wildman–Crippen LogP) is 2.10. The first-order valence-corrected chi connectivity index (χ1v) is 6.94. The van der Waals surface area contributed by atoms with Crippen LogP contribution in [0.4, 0.5) is 13.2 Å². The number of esters is 1. The average Bonchev–Trinajstić information content (AvgIpc) is 2.27. The molecular weight excluding hydrogens is 289 g/mol. The van der Waals surface area contributed by atoms with Crippen molar-refractivity contribution in [2.75, 3.05) is 6.61 Å². The molecule has 0 bridgehead atoms. The van der Waals surface area contributed by atoms with Crippen molar-refractivity contribution in [1.82, 2.24) is 0 Å². The molecule has 110 valence electrons. The molecular formula is C10H13F3O5S. The van der Waals surface area contributed by atoms with Crippen molar-refractivity contribution >= 4 is 16.1 Å². The van der Waals surface area contributed by atoms with E-state index >= 15 is 0 Å². The Morgan fingerprint density at radius 1 is 1.47 bits per heavy atom. The largest absolute Gasteiger partial charge is 0.534 e. The Morgan fingerprint density at radius 3 is 2.63 bits per heavy atom. The number of carbonyl (C=O) groups is 1. The molecule has 0 N–H and O–H groups in total. The van der Waals surface area contributed by atoms with E-state index in [1.54, 1.807) is 6.92 Å². The molecule has 0 fully saturated rings. The minimum absolute atomic E-state index is 0.149. The number of rotatable bonds is 4. The molecule has 0 saturated carbocycles. The minimum Gasteiger partial charge on any atom is -0.466 e. The number of allylic oxidation sites excluding steroid dienone is 2. The Balaban J connectivity index is 2.72. The lowest BCUT2D eigenvalue weighted by Crippen LogP contribution is -2.27. The van der Waals surface area contributed by atoms with Gasteiger partial charge in [-0.1, -0.05) is 0 Å². The van der Waals surface area contributed by atoms with E-state index < -0.39 is 27.5 Å². The number of carbonyl (C=O) groups excluding carboxylic acids is 1. The highest BCUT2D eigenvalue weighted by molar-refractivity contribution is 7.87. The van der Waals surface area contributed by atoms with Crippen LogP contribution in [-0.4, -0.2) is 26.5 Å². The van der Waals surface area contributed by atoms with Crippen LogP contribution in [0.5, 0.6) is 0 Å². The molecule has 0 radical (unpaired) electrons. The molecule has 0 saturated heterocycles. The van der Waals surface area contributed by atoms with E-state index in [-0.39, 0.29) is 25.2 Å². The number of hydrogen-bond acceptors (Lipinski definition) is 5. The van der Waals surface area contributed by atoms with E-state index in [1.165, 1.54) is 6.08 Å². The van der Waals surface area contributed by atoms with Crippen molar-refractivity contribution in [3.63, 3.8) is 0 Å². The zero-order valence-electron chi connectivity index (χ0n) is 10.1. The molecule has 19 heavy (non-hydrogen) atoms. The van der Waals surface area contributed by atoms with Gasteiger partial charge in [-0.2, -0.15) is 21.6 Å². The highest BCUT2D eigenvalue weighted by atomic mass is 32.2. The maximum Gasteiger partial charge on any atom is 0.534 e. The molecule has 1 aliphatic carbocycles. The molecule has 0 aromatic carbocycles. The van der Waals surface area contributed by atoms with Crippen LogP contribution in [-0.2, 0) is 23.8 Å². The fourth-order valence-corrected chi connectivity index (χ4v) is 2.10. The summed E-state index contributed by atoms with van der Waals surface area (Å²) in [5.74, 6) is -1.62. The Morgan fingerprint density at radius 2 is 2.11 bits per heavy atom. The van der Waals surface area contributed by atoms with E-state index in [2.05, 4.69) is 4.18 Å². The second-order valence-electron chi connectivity index (χ2n) is 3.88. The zero-order chi connectivity index (χ0) is 14.7. The SMILES string of the molecule is CCOC(=O)[C@H]1CCC=C(OS(=O)(=O)C(F)(F)F)C1. The van der Waals surface area contributed by atoms with Crippen molar-refractivity contribution in [2.45, 2.75) is 31.7 Å². The first-order chi connectivity index (χ1) is 8.67. The Kier molecular flexibility index (Phi) is 4.83. The maximum absolute atomic E-state index is 12.1. The van der Waals surface area contributed by atoms with Crippen molar-refractivity contribution in [3.05, 3.63) is 11.8 Å². The third kappa shape index (κ3) is 4.12. The average molecular weight is 302 g/mol. The van der Waals surface area contributed by atoms with Gasteiger partial charge in [0.2, 0.25) is 0 Å². The van der Waals surface area contributed by atoms with Crippen LogP contribution >= 0.6 is 0 Å². The van der Waals surface area contributed by atoms with Gasteiger partial charge in [-0.25, -0.2) is 0 Å². The Labute approximate surface area is 108 Å². The van der Waals surface area contributed by atoms with Gasteiger partial charge < -0.3 is 8.92 Å². The summed E-state index contributed by atoms with van der Waals surface area (Å²) in [7, 11) is -5.68. The van der Waals surface area contributed by atoms with E-state index in [4.69, 9.17) is 4.74 Å². The summed E-state index contributed by atoms with van der Waals surface area (Å²) in [5, 5.41) is 0. The van der Waals surface area contributed by atoms with Crippen molar-refractivity contribution in [1.29, 1.82) is 0 Å². The summed E-state index contributed by atoms with van der Waals surface area (Å²) in [6, 6.07) is 0. The standard InChI is InChI=1S/C10H13F3O5S/c1-2-17-9(14)7-4-3-5-8(6-7)18-19(15,16)10(11,12)13/h5,7H,2-4,6H2,1H3/t7-/m0/s1. The number of ether oxygens (including phenoxy) is 1. The number of halogens is 3. The first-order valence-electron chi connectivity index (χ1n) is 5.53. The van der Waals surface area contributed by atoms with Crippen molar-refractivity contribution in [2.24, 2.45) is 5.92 Å². The third-order valence-corrected chi connectivity index (χ3v) is 3.46. The van der Waals surface area contributed by atoms with Crippen LogP contribution in [0.25, 0.3) is 0 Å².